The Hall–Kier alpha value is -2.57. The van der Waals surface area contributed by atoms with Crippen molar-refractivity contribution in [1.29, 1.82) is 0 Å². The zero-order chi connectivity index (χ0) is 15.4. The Balaban J connectivity index is 2.20. The molecule has 1 atom stereocenters. The molecule has 0 saturated carbocycles. The highest BCUT2D eigenvalue weighted by Crippen LogP contribution is 2.31. The first kappa shape index (κ1) is 14.8. The summed E-state index contributed by atoms with van der Waals surface area (Å²) in [5.74, 6) is 1.53. The Morgan fingerprint density at radius 1 is 1.52 bits per heavy atom. The van der Waals surface area contributed by atoms with Crippen molar-refractivity contribution in [3.63, 3.8) is 0 Å². The van der Waals surface area contributed by atoms with Gasteiger partial charge in [0, 0.05) is 17.8 Å². The third kappa shape index (κ3) is 3.50. The van der Waals surface area contributed by atoms with E-state index in [1.165, 1.54) is 6.07 Å². The predicted octanol–water partition coefficient (Wildman–Crippen LogP) is 3.46. The quantitative estimate of drug-likeness (QED) is 0.647. The second-order valence-electron chi connectivity index (χ2n) is 4.55. The minimum atomic E-state index is -0.463. The molecule has 0 spiro atoms. The molecule has 112 valence electrons. The van der Waals surface area contributed by atoms with Crippen molar-refractivity contribution in [1.82, 2.24) is 4.98 Å². The first-order chi connectivity index (χ1) is 10.0. The van der Waals surface area contributed by atoms with E-state index in [2.05, 4.69) is 10.3 Å². The lowest BCUT2D eigenvalue weighted by Gasteiger charge is -2.13. The van der Waals surface area contributed by atoms with Crippen LogP contribution in [-0.4, -0.2) is 16.5 Å². The second kappa shape index (κ2) is 6.25. The lowest BCUT2D eigenvalue weighted by molar-refractivity contribution is -0.385. The maximum atomic E-state index is 10.9. The number of aromatic nitrogens is 1. The lowest BCUT2D eigenvalue weighted by atomic mass is 10.2. The number of ether oxygens (including phenoxy) is 1. The van der Waals surface area contributed by atoms with Crippen LogP contribution in [0.4, 0.5) is 11.4 Å². The molecule has 1 N–H and O–H groups in total. The van der Waals surface area contributed by atoms with E-state index in [1.54, 1.807) is 25.3 Å². The number of nitro groups is 1. The molecule has 0 aliphatic heterocycles. The average molecular weight is 291 g/mol. The van der Waals surface area contributed by atoms with E-state index in [1.807, 2.05) is 13.8 Å². The van der Waals surface area contributed by atoms with Gasteiger partial charge in [-0.15, -0.1) is 0 Å². The Bertz CT molecular complexity index is 639. The van der Waals surface area contributed by atoms with Gasteiger partial charge in [0.2, 0.25) is 5.89 Å². The molecule has 7 nitrogen and oxygen atoms in total. The second-order valence-corrected chi connectivity index (χ2v) is 4.55. The first-order valence-corrected chi connectivity index (χ1v) is 6.61. The Labute approximate surface area is 122 Å². The standard InChI is InChI=1S/C14H17N3O4/c1-4-20-13-7-11(5-6-12(13)17(18)19)16-10(3)14-15-8-9(2)21-14/h5-8,10,16H,4H2,1-3H3. The highest BCUT2D eigenvalue weighted by molar-refractivity contribution is 5.58. The fraction of sp³-hybridized carbons (Fsp3) is 0.357. The Morgan fingerprint density at radius 3 is 2.86 bits per heavy atom. The van der Waals surface area contributed by atoms with Gasteiger partial charge in [-0.1, -0.05) is 0 Å². The van der Waals surface area contributed by atoms with Crippen molar-refractivity contribution in [3.8, 4) is 5.75 Å². The van der Waals surface area contributed by atoms with Gasteiger partial charge in [-0.05, 0) is 26.8 Å². The summed E-state index contributed by atoms with van der Waals surface area (Å²) in [6.07, 6.45) is 1.65. The molecule has 0 radical (unpaired) electrons. The number of benzene rings is 1. The number of rotatable bonds is 6. The minimum Gasteiger partial charge on any atom is -0.487 e. The maximum absolute atomic E-state index is 10.9. The first-order valence-electron chi connectivity index (χ1n) is 6.61. The molecule has 1 aromatic carbocycles. The summed E-state index contributed by atoms with van der Waals surface area (Å²) < 4.78 is 10.8. The lowest BCUT2D eigenvalue weighted by Crippen LogP contribution is -2.07. The summed E-state index contributed by atoms with van der Waals surface area (Å²) >= 11 is 0. The van der Waals surface area contributed by atoms with Gasteiger partial charge in [0.25, 0.3) is 0 Å². The Morgan fingerprint density at radius 2 is 2.29 bits per heavy atom. The summed E-state index contributed by atoms with van der Waals surface area (Å²) in [6.45, 7) is 5.86. The topological polar surface area (TPSA) is 90.4 Å². The smallest absolute Gasteiger partial charge is 0.311 e. The predicted molar refractivity (Wildman–Crippen MR) is 77.5 cm³/mol. The van der Waals surface area contributed by atoms with Gasteiger partial charge in [-0.25, -0.2) is 4.98 Å². The molecule has 7 heteroatoms. The van der Waals surface area contributed by atoms with Gasteiger partial charge in [-0.3, -0.25) is 10.1 Å². The number of nitrogens with one attached hydrogen (secondary N) is 1. The molecule has 0 aliphatic carbocycles. The fourth-order valence-corrected chi connectivity index (χ4v) is 1.91. The van der Waals surface area contributed by atoms with Crippen LogP contribution in [0.2, 0.25) is 0 Å². The van der Waals surface area contributed by atoms with E-state index < -0.39 is 4.92 Å². The van der Waals surface area contributed by atoms with Gasteiger partial charge >= 0.3 is 5.69 Å². The van der Waals surface area contributed by atoms with Crippen LogP contribution >= 0.6 is 0 Å². The van der Waals surface area contributed by atoms with Crippen LogP contribution in [0.3, 0.4) is 0 Å². The molecule has 2 aromatic rings. The molecule has 1 aromatic heterocycles. The molecule has 0 fully saturated rings. The van der Waals surface area contributed by atoms with E-state index in [-0.39, 0.29) is 17.5 Å². The van der Waals surface area contributed by atoms with Crippen LogP contribution in [0.5, 0.6) is 5.75 Å². The van der Waals surface area contributed by atoms with Crippen molar-refractivity contribution in [2.45, 2.75) is 26.8 Å². The molecule has 1 unspecified atom stereocenters. The van der Waals surface area contributed by atoms with E-state index >= 15 is 0 Å². The van der Waals surface area contributed by atoms with Crippen molar-refractivity contribution in [2.75, 3.05) is 11.9 Å². The van der Waals surface area contributed by atoms with Gasteiger partial charge in [0.1, 0.15) is 11.8 Å². The molecule has 1 heterocycles. The molecule has 0 aliphatic rings. The highest BCUT2D eigenvalue weighted by atomic mass is 16.6. The molecule has 0 bridgehead atoms. The number of nitrogens with zero attached hydrogens (tertiary/aromatic N) is 2. The third-order valence-electron chi connectivity index (χ3n) is 2.85. The number of oxazole rings is 1. The van der Waals surface area contributed by atoms with Gasteiger partial charge in [0.15, 0.2) is 5.75 Å². The number of aryl methyl sites for hydroxylation is 1. The van der Waals surface area contributed by atoms with Crippen LogP contribution in [0, 0.1) is 17.0 Å². The van der Waals surface area contributed by atoms with Crippen molar-refractivity contribution >= 4 is 11.4 Å². The monoisotopic (exact) mass is 291 g/mol. The van der Waals surface area contributed by atoms with E-state index in [0.717, 1.165) is 5.76 Å². The normalized spacial score (nSPS) is 12.0. The zero-order valence-electron chi connectivity index (χ0n) is 12.1. The zero-order valence-corrected chi connectivity index (χ0v) is 12.1. The largest absolute Gasteiger partial charge is 0.487 e. The van der Waals surface area contributed by atoms with Crippen molar-refractivity contribution < 1.29 is 14.1 Å². The molecule has 0 saturated heterocycles. The third-order valence-corrected chi connectivity index (χ3v) is 2.85. The van der Waals surface area contributed by atoms with Crippen LogP contribution in [0.1, 0.15) is 31.5 Å². The van der Waals surface area contributed by atoms with E-state index in [9.17, 15) is 10.1 Å². The summed E-state index contributed by atoms with van der Waals surface area (Å²) in [5.41, 5.74) is 0.648. The summed E-state index contributed by atoms with van der Waals surface area (Å²) in [5, 5.41) is 14.1. The maximum Gasteiger partial charge on any atom is 0.311 e. The number of hydrogen-bond acceptors (Lipinski definition) is 6. The summed E-state index contributed by atoms with van der Waals surface area (Å²) in [4.78, 5) is 14.6. The SMILES string of the molecule is CCOc1cc(NC(C)c2ncc(C)o2)ccc1[N+](=O)[O-]. The van der Waals surface area contributed by atoms with E-state index in [4.69, 9.17) is 9.15 Å². The molecule has 2 rings (SSSR count). The van der Waals surface area contributed by atoms with Crippen LogP contribution in [-0.2, 0) is 0 Å². The average Bonchev–Trinajstić information content (AvgIpc) is 2.86. The number of hydrogen-bond donors (Lipinski definition) is 1. The van der Waals surface area contributed by atoms with Gasteiger partial charge in [0.05, 0.1) is 17.7 Å². The summed E-state index contributed by atoms with van der Waals surface area (Å²) in [6, 6.07) is 4.50. The van der Waals surface area contributed by atoms with Crippen LogP contribution in [0.15, 0.2) is 28.8 Å². The summed E-state index contributed by atoms with van der Waals surface area (Å²) in [7, 11) is 0. The molecular weight excluding hydrogens is 274 g/mol. The van der Waals surface area contributed by atoms with Crippen molar-refractivity contribution in [3.05, 3.63) is 46.2 Å². The Kier molecular flexibility index (Phi) is 4.42. The van der Waals surface area contributed by atoms with Crippen LogP contribution < -0.4 is 10.1 Å². The van der Waals surface area contributed by atoms with E-state index in [0.29, 0.717) is 18.2 Å². The highest BCUT2D eigenvalue weighted by Gasteiger charge is 2.17. The molecule has 0 amide bonds. The van der Waals surface area contributed by atoms with Crippen LogP contribution in [0.25, 0.3) is 0 Å². The number of anilines is 1. The molecular formula is C14H17N3O4. The number of nitro benzene ring substituents is 1. The molecule has 21 heavy (non-hydrogen) atoms. The fourth-order valence-electron chi connectivity index (χ4n) is 1.91. The van der Waals surface area contributed by atoms with Crippen molar-refractivity contribution in [2.24, 2.45) is 0 Å². The van der Waals surface area contributed by atoms with Gasteiger partial charge in [-0.2, -0.15) is 0 Å². The minimum absolute atomic E-state index is 0.0537. The van der Waals surface area contributed by atoms with Gasteiger partial charge < -0.3 is 14.5 Å².